The van der Waals surface area contributed by atoms with Crippen LogP contribution >= 0.6 is 0 Å². The van der Waals surface area contributed by atoms with Crippen molar-refractivity contribution in [1.29, 1.82) is 0 Å². The molecule has 0 bridgehead atoms. The van der Waals surface area contributed by atoms with E-state index >= 15 is 0 Å². The maximum atomic E-state index is 11.5. The lowest BCUT2D eigenvalue weighted by atomic mass is 9.32. The minimum Gasteiger partial charge on any atom is -0.478 e. The first kappa shape index (κ1) is 31.1. The summed E-state index contributed by atoms with van der Waals surface area (Å²) in [6.45, 7) is 25.8. The highest BCUT2D eigenvalue weighted by Gasteiger charge is 2.70. The molecule has 0 heterocycles. The second-order valence-electron chi connectivity index (χ2n) is 17.5. The second-order valence-corrected chi connectivity index (χ2v) is 17.5. The molecule has 0 aromatic heterocycles. The summed E-state index contributed by atoms with van der Waals surface area (Å²) in [4.78, 5) is 11.5. The molecular weight excluding hydrogens is 526 g/mol. The zero-order valence-electron chi connectivity index (χ0n) is 28.5. The molecule has 5 aliphatic rings. The molecule has 0 amide bonds. The van der Waals surface area contributed by atoms with Crippen molar-refractivity contribution in [3.8, 4) is 0 Å². The fraction of sp³-hybridized carbons (Fsp3) is 0.725. The van der Waals surface area contributed by atoms with Gasteiger partial charge in [-0.15, -0.1) is 0 Å². The number of aromatic carboxylic acids is 1. The molecule has 236 valence electrons. The molecule has 9 atom stereocenters. The summed E-state index contributed by atoms with van der Waals surface area (Å²) < 4.78 is 0. The van der Waals surface area contributed by atoms with E-state index in [1.165, 1.54) is 74.6 Å². The van der Waals surface area contributed by atoms with Gasteiger partial charge in [0.05, 0.1) is 5.56 Å². The number of hydrogen-bond donors (Lipinski definition) is 2. The Morgan fingerprint density at radius 3 is 2.26 bits per heavy atom. The number of carbonyl (C=O) groups is 1. The number of rotatable bonds is 6. The van der Waals surface area contributed by atoms with Crippen molar-refractivity contribution in [3.63, 3.8) is 0 Å². The first-order valence-corrected chi connectivity index (χ1v) is 17.5. The quantitative estimate of drug-likeness (QED) is 0.327. The van der Waals surface area contributed by atoms with Crippen LogP contribution in [0.5, 0.6) is 0 Å². The Hall–Kier alpha value is -1.87. The number of nitrogens with one attached hydrogen (secondary N) is 1. The normalized spacial score (nSPS) is 43.2. The summed E-state index contributed by atoms with van der Waals surface area (Å²) in [5.74, 6) is 2.74. The van der Waals surface area contributed by atoms with Crippen molar-refractivity contribution in [2.75, 3.05) is 6.54 Å². The average Bonchev–Trinajstić information content (AvgIpc) is 3.32. The van der Waals surface area contributed by atoms with Crippen LogP contribution in [0.4, 0.5) is 0 Å². The summed E-state index contributed by atoms with van der Waals surface area (Å²) in [7, 11) is 0. The van der Waals surface area contributed by atoms with Crippen molar-refractivity contribution in [2.24, 2.45) is 56.7 Å². The smallest absolute Gasteiger partial charge is 0.335 e. The van der Waals surface area contributed by atoms with E-state index in [2.05, 4.69) is 73.4 Å². The van der Waals surface area contributed by atoms with E-state index in [0.717, 1.165) is 24.2 Å². The van der Waals surface area contributed by atoms with Crippen LogP contribution in [0.15, 0.2) is 42.5 Å². The molecule has 9 unspecified atom stereocenters. The van der Waals surface area contributed by atoms with Crippen molar-refractivity contribution in [3.05, 3.63) is 53.6 Å². The highest BCUT2D eigenvalue weighted by atomic mass is 16.4. The first-order valence-electron chi connectivity index (χ1n) is 17.5. The van der Waals surface area contributed by atoms with Crippen LogP contribution in [0.2, 0.25) is 0 Å². The van der Waals surface area contributed by atoms with Gasteiger partial charge in [-0.1, -0.05) is 78.8 Å². The van der Waals surface area contributed by atoms with Gasteiger partial charge >= 0.3 is 5.97 Å². The van der Waals surface area contributed by atoms with E-state index in [9.17, 15) is 9.90 Å². The van der Waals surface area contributed by atoms with Gasteiger partial charge in [-0.25, -0.2) is 4.79 Å². The molecular formula is C40H59NO2. The van der Waals surface area contributed by atoms with Crippen LogP contribution < -0.4 is 5.32 Å². The molecule has 6 rings (SSSR count). The number of fused-ring (bicyclic) bond motifs is 7. The van der Waals surface area contributed by atoms with E-state index < -0.39 is 5.97 Å². The van der Waals surface area contributed by atoms with E-state index in [0.29, 0.717) is 39.7 Å². The van der Waals surface area contributed by atoms with E-state index in [1.807, 2.05) is 12.1 Å². The molecule has 1 aromatic rings. The zero-order chi connectivity index (χ0) is 31.2. The van der Waals surface area contributed by atoms with Gasteiger partial charge in [-0.2, -0.15) is 0 Å². The van der Waals surface area contributed by atoms with Crippen molar-refractivity contribution in [2.45, 2.75) is 119 Å². The van der Waals surface area contributed by atoms with Gasteiger partial charge in [0.2, 0.25) is 0 Å². The Balaban J connectivity index is 1.34. The molecule has 4 saturated carbocycles. The maximum Gasteiger partial charge on any atom is 0.335 e. The lowest BCUT2D eigenvalue weighted by Gasteiger charge is -2.72. The Morgan fingerprint density at radius 2 is 1.63 bits per heavy atom. The third-order valence-corrected chi connectivity index (χ3v) is 15.1. The van der Waals surface area contributed by atoms with Crippen molar-refractivity contribution < 1.29 is 9.90 Å². The van der Waals surface area contributed by atoms with Crippen LogP contribution in [0.25, 0.3) is 5.57 Å². The molecule has 3 nitrogen and oxygen atoms in total. The largest absolute Gasteiger partial charge is 0.478 e. The molecule has 3 heteroatoms. The molecule has 5 aliphatic carbocycles. The lowest BCUT2D eigenvalue weighted by molar-refractivity contribution is -0.225. The molecule has 4 fully saturated rings. The molecule has 2 N–H and O–H groups in total. The lowest BCUT2D eigenvalue weighted by Crippen LogP contribution is -2.66. The molecule has 0 aliphatic heterocycles. The molecule has 43 heavy (non-hydrogen) atoms. The van der Waals surface area contributed by atoms with Gasteiger partial charge in [0.15, 0.2) is 0 Å². The summed E-state index contributed by atoms with van der Waals surface area (Å²) >= 11 is 0. The molecule has 0 spiro atoms. The van der Waals surface area contributed by atoms with Crippen LogP contribution in [0, 0.1) is 56.7 Å². The second kappa shape index (κ2) is 10.3. The SMILES string of the molecule is C=C(C)C1CCC2(CNC(C)C)CCC3(C)C(CCC4C5(C)CC=C(c6ccc(C(=O)O)cc6)C(C)(C)C5CCC43C)C12. The van der Waals surface area contributed by atoms with Crippen molar-refractivity contribution >= 4 is 11.5 Å². The minimum absolute atomic E-state index is 0.0531. The van der Waals surface area contributed by atoms with Crippen LogP contribution in [0.1, 0.15) is 129 Å². The average molecular weight is 586 g/mol. The highest BCUT2D eigenvalue weighted by Crippen LogP contribution is 2.77. The zero-order valence-corrected chi connectivity index (χ0v) is 28.5. The maximum absolute atomic E-state index is 11.5. The van der Waals surface area contributed by atoms with Gasteiger partial charge in [-0.3, -0.25) is 0 Å². The standard InChI is InChI=1S/C40H59NO2/c1-25(2)29-16-21-40(24-41-26(3)4)23-22-38(8)31(34(29)40)14-15-33-37(7)19-17-30(27-10-12-28(13-11-27)35(42)43)36(5,6)32(37)18-20-39(33,38)9/h10-13,17,26,29,31-34,41H,1,14-16,18-24H2,2-9H3,(H,42,43). The third-order valence-electron chi connectivity index (χ3n) is 15.1. The third kappa shape index (κ3) is 4.40. The predicted molar refractivity (Wildman–Crippen MR) is 179 cm³/mol. The number of hydrogen-bond acceptors (Lipinski definition) is 2. The monoisotopic (exact) mass is 585 g/mol. The Kier molecular flexibility index (Phi) is 7.48. The summed E-state index contributed by atoms with van der Waals surface area (Å²) in [5, 5.41) is 13.4. The van der Waals surface area contributed by atoms with Gasteiger partial charge < -0.3 is 10.4 Å². The highest BCUT2D eigenvalue weighted by molar-refractivity contribution is 5.88. The van der Waals surface area contributed by atoms with E-state index in [1.54, 1.807) is 12.1 Å². The number of carboxylic acid groups (broad SMARTS) is 1. The van der Waals surface area contributed by atoms with Crippen LogP contribution in [-0.2, 0) is 0 Å². The fourth-order valence-corrected chi connectivity index (χ4v) is 12.9. The first-order chi connectivity index (χ1) is 20.1. The predicted octanol–water partition coefficient (Wildman–Crippen LogP) is 10.0. The molecule has 1 aromatic carbocycles. The van der Waals surface area contributed by atoms with E-state index in [4.69, 9.17) is 0 Å². The van der Waals surface area contributed by atoms with Crippen LogP contribution in [-0.4, -0.2) is 23.7 Å². The van der Waals surface area contributed by atoms with Crippen molar-refractivity contribution in [1.82, 2.24) is 5.32 Å². The molecule has 0 saturated heterocycles. The number of carboxylic acids is 1. The Bertz CT molecular complexity index is 1310. The minimum atomic E-state index is -0.852. The molecule has 0 radical (unpaired) electrons. The van der Waals surface area contributed by atoms with Gasteiger partial charge in [0, 0.05) is 12.6 Å². The summed E-state index contributed by atoms with van der Waals surface area (Å²) in [6.07, 6.45) is 14.5. The number of allylic oxidation sites excluding steroid dienone is 3. The number of benzene rings is 1. The van der Waals surface area contributed by atoms with Gasteiger partial charge in [0.25, 0.3) is 0 Å². The summed E-state index contributed by atoms with van der Waals surface area (Å²) in [6, 6.07) is 8.19. The fourth-order valence-electron chi connectivity index (χ4n) is 12.9. The summed E-state index contributed by atoms with van der Waals surface area (Å²) in [5.41, 5.74) is 5.92. The van der Waals surface area contributed by atoms with E-state index in [-0.39, 0.29) is 10.8 Å². The Morgan fingerprint density at radius 1 is 0.930 bits per heavy atom. The Labute approximate surface area is 262 Å². The van der Waals surface area contributed by atoms with Gasteiger partial charge in [0.1, 0.15) is 0 Å². The van der Waals surface area contributed by atoms with Crippen LogP contribution in [0.3, 0.4) is 0 Å². The van der Waals surface area contributed by atoms with Gasteiger partial charge in [-0.05, 0) is 145 Å². The topological polar surface area (TPSA) is 49.3 Å².